The minimum absolute atomic E-state index is 0.124. The third-order valence-corrected chi connectivity index (χ3v) is 3.05. The topological polar surface area (TPSA) is 55.1 Å². The van der Waals surface area contributed by atoms with Gasteiger partial charge < -0.3 is 11.1 Å². The third kappa shape index (κ3) is 3.17. The van der Waals surface area contributed by atoms with E-state index in [9.17, 15) is 4.79 Å². The van der Waals surface area contributed by atoms with Crippen molar-refractivity contribution < 1.29 is 4.79 Å². The Bertz CT molecular complexity index is 620. The summed E-state index contributed by atoms with van der Waals surface area (Å²) >= 11 is 4.88. The maximum atomic E-state index is 12.1. The zero-order valence-corrected chi connectivity index (χ0v) is 11.3. The number of aryl methyl sites for hydroxylation is 1. The fourth-order valence-electron chi connectivity index (χ4n) is 1.74. The number of nitrogens with two attached hydrogens (primary N) is 1. The minimum Gasteiger partial charge on any atom is -0.389 e. The van der Waals surface area contributed by atoms with Crippen molar-refractivity contribution >= 4 is 28.8 Å². The lowest BCUT2D eigenvalue weighted by Gasteiger charge is -2.08. The Labute approximate surface area is 117 Å². The number of hydrogen-bond donors (Lipinski definition) is 2. The highest BCUT2D eigenvalue weighted by atomic mass is 32.1. The van der Waals surface area contributed by atoms with Crippen molar-refractivity contribution in [1.82, 2.24) is 0 Å². The second-order valence-corrected chi connectivity index (χ2v) is 4.65. The second kappa shape index (κ2) is 5.63. The van der Waals surface area contributed by atoms with E-state index in [0.29, 0.717) is 16.2 Å². The van der Waals surface area contributed by atoms with Crippen molar-refractivity contribution in [2.45, 2.75) is 6.92 Å². The van der Waals surface area contributed by atoms with Gasteiger partial charge in [-0.2, -0.15) is 0 Å². The molecule has 0 aliphatic rings. The molecule has 0 spiro atoms. The van der Waals surface area contributed by atoms with Crippen LogP contribution < -0.4 is 11.1 Å². The number of rotatable bonds is 3. The summed E-state index contributed by atoms with van der Waals surface area (Å²) in [4.78, 5) is 12.4. The number of carbonyl (C=O) groups is 1. The lowest BCUT2D eigenvalue weighted by molar-refractivity contribution is 0.102. The minimum atomic E-state index is -0.124. The van der Waals surface area contributed by atoms with Gasteiger partial charge in [0.1, 0.15) is 4.99 Å². The molecular weight excluding hydrogens is 256 g/mol. The van der Waals surface area contributed by atoms with E-state index in [1.165, 1.54) is 0 Å². The molecule has 1 amide bonds. The molecule has 2 rings (SSSR count). The summed E-state index contributed by atoms with van der Waals surface area (Å²) in [5, 5.41) is 2.84. The predicted molar refractivity (Wildman–Crippen MR) is 81.5 cm³/mol. The maximum absolute atomic E-state index is 12.1. The average molecular weight is 270 g/mol. The Hall–Kier alpha value is -2.20. The van der Waals surface area contributed by atoms with Gasteiger partial charge in [-0.1, -0.05) is 30.4 Å². The summed E-state index contributed by atoms with van der Waals surface area (Å²) in [6.07, 6.45) is 0. The molecule has 96 valence electrons. The standard InChI is InChI=1S/C15H14N2OS/c1-10-4-2-3-5-13(10)15(18)17-12-8-6-11(7-9-12)14(16)19/h2-9H,1H3,(H2,16,19)(H,17,18). The Morgan fingerprint density at radius 3 is 2.32 bits per heavy atom. The molecule has 2 aromatic rings. The van der Waals surface area contributed by atoms with Crippen molar-refractivity contribution in [3.8, 4) is 0 Å². The van der Waals surface area contributed by atoms with Crippen LogP contribution in [0, 0.1) is 6.92 Å². The molecule has 0 saturated heterocycles. The van der Waals surface area contributed by atoms with E-state index < -0.39 is 0 Å². The normalized spacial score (nSPS) is 9.95. The van der Waals surface area contributed by atoms with Crippen LogP contribution in [0.3, 0.4) is 0 Å². The largest absolute Gasteiger partial charge is 0.389 e. The average Bonchev–Trinajstić information content (AvgIpc) is 2.39. The van der Waals surface area contributed by atoms with Crippen molar-refractivity contribution in [1.29, 1.82) is 0 Å². The Balaban J connectivity index is 2.15. The van der Waals surface area contributed by atoms with Crippen molar-refractivity contribution in [2.24, 2.45) is 5.73 Å². The van der Waals surface area contributed by atoms with Gasteiger partial charge in [0.15, 0.2) is 0 Å². The first kappa shape index (κ1) is 13.2. The number of carbonyl (C=O) groups excluding carboxylic acids is 1. The summed E-state index contributed by atoms with van der Waals surface area (Å²) in [6, 6.07) is 14.6. The Kier molecular flexibility index (Phi) is 3.92. The molecule has 2 aromatic carbocycles. The van der Waals surface area contributed by atoms with Gasteiger partial charge in [-0.05, 0) is 42.8 Å². The van der Waals surface area contributed by atoms with Crippen LogP contribution >= 0.6 is 12.2 Å². The van der Waals surface area contributed by atoms with Gasteiger partial charge in [-0.25, -0.2) is 0 Å². The number of nitrogens with one attached hydrogen (secondary N) is 1. The van der Waals surface area contributed by atoms with Gasteiger partial charge in [-0.3, -0.25) is 4.79 Å². The van der Waals surface area contributed by atoms with Gasteiger partial charge in [0.05, 0.1) is 0 Å². The molecule has 0 fully saturated rings. The van der Waals surface area contributed by atoms with E-state index in [-0.39, 0.29) is 5.91 Å². The summed E-state index contributed by atoms with van der Waals surface area (Å²) in [7, 11) is 0. The first-order valence-corrected chi connectivity index (χ1v) is 6.25. The fraction of sp³-hybridized carbons (Fsp3) is 0.0667. The van der Waals surface area contributed by atoms with Crippen LogP contribution in [0.1, 0.15) is 21.5 Å². The van der Waals surface area contributed by atoms with E-state index in [4.69, 9.17) is 18.0 Å². The van der Waals surface area contributed by atoms with E-state index in [1.807, 2.05) is 25.1 Å². The molecule has 0 aromatic heterocycles. The van der Waals surface area contributed by atoms with Gasteiger partial charge in [0.2, 0.25) is 0 Å². The lowest BCUT2D eigenvalue weighted by Crippen LogP contribution is -2.14. The molecule has 3 nitrogen and oxygen atoms in total. The van der Waals surface area contributed by atoms with Crippen LogP contribution in [-0.2, 0) is 0 Å². The number of hydrogen-bond acceptors (Lipinski definition) is 2. The monoisotopic (exact) mass is 270 g/mol. The predicted octanol–water partition coefficient (Wildman–Crippen LogP) is 2.88. The summed E-state index contributed by atoms with van der Waals surface area (Å²) < 4.78 is 0. The molecule has 0 aliphatic heterocycles. The number of thiocarbonyl (C=S) groups is 1. The molecule has 0 unspecified atom stereocenters. The SMILES string of the molecule is Cc1ccccc1C(=O)Nc1ccc(C(N)=S)cc1. The highest BCUT2D eigenvalue weighted by Crippen LogP contribution is 2.13. The second-order valence-electron chi connectivity index (χ2n) is 4.21. The van der Waals surface area contributed by atoms with Crippen LogP contribution in [0.15, 0.2) is 48.5 Å². The van der Waals surface area contributed by atoms with Crippen LogP contribution in [0.25, 0.3) is 0 Å². The van der Waals surface area contributed by atoms with Crippen LogP contribution in [0.4, 0.5) is 5.69 Å². The highest BCUT2D eigenvalue weighted by molar-refractivity contribution is 7.80. The van der Waals surface area contributed by atoms with E-state index in [1.54, 1.807) is 30.3 Å². The van der Waals surface area contributed by atoms with Crippen molar-refractivity contribution in [3.05, 3.63) is 65.2 Å². The van der Waals surface area contributed by atoms with Gasteiger partial charge >= 0.3 is 0 Å². The molecule has 0 radical (unpaired) electrons. The maximum Gasteiger partial charge on any atom is 0.255 e. The summed E-state index contributed by atoms with van der Waals surface area (Å²) in [5.74, 6) is -0.124. The van der Waals surface area contributed by atoms with Crippen LogP contribution in [0.5, 0.6) is 0 Å². The molecule has 0 aliphatic carbocycles. The van der Waals surface area contributed by atoms with E-state index >= 15 is 0 Å². The number of amides is 1. The van der Waals surface area contributed by atoms with Gasteiger partial charge in [0.25, 0.3) is 5.91 Å². The zero-order valence-electron chi connectivity index (χ0n) is 10.5. The van der Waals surface area contributed by atoms with E-state index in [0.717, 1.165) is 11.1 Å². The molecule has 3 N–H and O–H groups in total. The highest BCUT2D eigenvalue weighted by Gasteiger charge is 2.08. The van der Waals surface area contributed by atoms with Crippen LogP contribution in [0.2, 0.25) is 0 Å². The van der Waals surface area contributed by atoms with E-state index in [2.05, 4.69) is 5.32 Å². The molecule has 0 atom stereocenters. The summed E-state index contributed by atoms with van der Waals surface area (Å²) in [6.45, 7) is 1.91. The van der Waals surface area contributed by atoms with Crippen molar-refractivity contribution in [3.63, 3.8) is 0 Å². The zero-order chi connectivity index (χ0) is 13.8. The fourth-order valence-corrected chi connectivity index (χ4v) is 1.88. The molecule has 19 heavy (non-hydrogen) atoms. The number of benzene rings is 2. The molecular formula is C15H14N2OS. The molecule has 0 heterocycles. The van der Waals surface area contributed by atoms with Crippen LogP contribution in [-0.4, -0.2) is 10.9 Å². The third-order valence-electron chi connectivity index (χ3n) is 2.82. The quantitative estimate of drug-likeness (QED) is 0.843. The first-order valence-electron chi connectivity index (χ1n) is 5.85. The molecule has 0 bridgehead atoms. The lowest BCUT2D eigenvalue weighted by atomic mass is 10.1. The smallest absolute Gasteiger partial charge is 0.255 e. The number of anilines is 1. The van der Waals surface area contributed by atoms with Gasteiger partial charge in [0, 0.05) is 16.8 Å². The Morgan fingerprint density at radius 2 is 1.74 bits per heavy atom. The molecule has 0 saturated carbocycles. The van der Waals surface area contributed by atoms with Gasteiger partial charge in [-0.15, -0.1) is 0 Å². The van der Waals surface area contributed by atoms with Crippen molar-refractivity contribution in [2.75, 3.05) is 5.32 Å². The Morgan fingerprint density at radius 1 is 1.11 bits per heavy atom. The summed E-state index contributed by atoms with van der Waals surface area (Å²) in [5.41, 5.74) is 8.63. The first-order chi connectivity index (χ1) is 9.08. The molecule has 4 heteroatoms.